The Labute approximate surface area is 174 Å². The monoisotopic (exact) mass is 411 g/mol. The summed E-state index contributed by atoms with van der Waals surface area (Å²) in [7, 11) is 2.03. The minimum absolute atomic E-state index is 0.0917. The van der Waals surface area contributed by atoms with Crippen molar-refractivity contribution >= 4 is 16.9 Å². The lowest BCUT2D eigenvalue weighted by Gasteiger charge is -2.33. The van der Waals surface area contributed by atoms with Crippen LogP contribution in [0.2, 0.25) is 0 Å². The molecule has 1 amide bonds. The van der Waals surface area contributed by atoms with Crippen molar-refractivity contribution in [3.05, 3.63) is 53.6 Å². The third-order valence-corrected chi connectivity index (χ3v) is 5.54. The van der Waals surface area contributed by atoms with Crippen molar-refractivity contribution in [2.24, 2.45) is 5.73 Å². The van der Waals surface area contributed by atoms with Gasteiger partial charge in [-0.1, -0.05) is 6.07 Å². The maximum Gasteiger partial charge on any atom is 0.239 e. The number of pyridine rings is 1. The molecule has 1 aromatic carbocycles. The minimum Gasteiger partial charge on any atom is -0.453 e. The normalized spacial score (nSPS) is 16.1. The van der Waals surface area contributed by atoms with Crippen LogP contribution in [0.25, 0.3) is 11.0 Å². The largest absolute Gasteiger partial charge is 0.453 e. The molecule has 3 aromatic rings. The summed E-state index contributed by atoms with van der Waals surface area (Å²) in [6.45, 7) is 4.95. The zero-order valence-electron chi connectivity index (χ0n) is 17.2. The molecule has 0 aliphatic carbocycles. The predicted octanol–water partition coefficient (Wildman–Crippen LogP) is 2.45. The van der Waals surface area contributed by atoms with Gasteiger partial charge >= 0.3 is 0 Å². The summed E-state index contributed by atoms with van der Waals surface area (Å²) in [4.78, 5) is 23.9. The molecule has 1 aliphatic heterocycles. The van der Waals surface area contributed by atoms with Crippen LogP contribution in [-0.4, -0.2) is 64.9 Å². The Hall–Kier alpha value is -2.97. The molecule has 0 bridgehead atoms. The Bertz CT molecular complexity index is 1060. The number of aromatic amines is 1. The van der Waals surface area contributed by atoms with Crippen LogP contribution in [0.15, 0.2) is 36.7 Å². The van der Waals surface area contributed by atoms with Gasteiger partial charge < -0.3 is 25.3 Å². The number of amides is 1. The van der Waals surface area contributed by atoms with Crippen molar-refractivity contribution in [2.45, 2.75) is 19.4 Å². The maximum absolute atomic E-state index is 14.7. The number of likely N-dealkylation sites (N-methyl/N-ethyl adjacent to an activating group) is 1. The summed E-state index contributed by atoms with van der Waals surface area (Å²) in [6, 6.07) is 5.72. The number of hydrogen-bond acceptors (Lipinski definition) is 5. The maximum atomic E-state index is 14.7. The SMILES string of the molecule is Cc1c[nH]c2nccc(Oc3ccc(CC(N)C(=O)N4CCN(C)CC4)cc3F)c12. The first-order valence-corrected chi connectivity index (χ1v) is 10.0. The van der Waals surface area contributed by atoms with Crippen molar-refractivity contribution in [1.29, 1.82) is 0 Å². The number of nitrogens with two attached hydrogens (primary N) is 1. The summed E-state index contributed by atoms with van der Waals surface area (Å²) in [5.74, 6) is 0.0639. The summed E-state index contributed by atoms with van der Waals surface area (Å²) >= 11 is 0. The van der Waals surface area contributed by atoms with E-state index in [0.717, 1.165) is 24.0 Å². The number of halogens is 1. The number of piperazine rings is 1. The number of benzene rings is 1. The molecule has 158 valence electrons. The third-order valence-electron chi connectivity index (χ3n) is 5.54. The smallest absolute Gasteiger partial charge is 0.239 e. The van der Waals surface area contributed by atoms with Crippen LogP contribution < -0.4 is 10.5 Å². The summed E-state index contributed by atoms with van der Waals surface area (Å²) in [5, 5.41) is 0.820. The average molecular weight is 411 g/mol. The van der Waals surface area contributed by atoms with Crippen LogP contribution in [-0.2, 0) is 11.2 Å². The molecule has 3 N–H and O–H groups in total. The Morgan fingerprint density at radius 3 is 2.77 bits per heavy atom. The molecule has 4 rings (SSSR count). The fraction of sp³-hybridized carbons (Fsp3) is 0.364. The van der Waals surface area contributed by atoms with Crippen LogP contribution in [0.1, 0.15) is 11.1 Å². The van der Waals surface area contributed by atoms with E-state index in [0.29, 0.717) is 30.0 Å². The number of nitrogens with zero attached hydrogens (tertiary/aromatic N) is 3. The van der Waals surface area contributed by atoms with E-state index in [-0.39, 0.29) is 18.1 Å². The fourth-order valence-electron chi connectivity index (χ4n) is 3.74. The van der Waals surface area contributed by atoms with Gasteiger partial charge in [-0.15, -0.1) is 0 Å². The van der Waals surface area contributed by atoms with E-state index in [1.54, 1.807) is 29.3 Å². The first kappa shape index (κ1) is 20.3. The highest BCUT2D eigenvalue weighted by atomic mass is 19.1. The van der Waals surface area contributed by atoms with Crippen LogP contribution in [0, 0.1) is 12.7 Å². The molecule has 2 aromatic heterocycles. The second kappa shape index (κ2) is 8.41. The zero-order chi connectivity index (χ0) is 21.3. The predicted molar refractivity (Wildman–Crippen MR) is 113 cm³/mol. The standard InChI is InChI=1S/C22H26FN5O2/c1-14-13-26-21-20(14)19(5-6-25-21)30-18-4-3-15(11-16(18)23)12-17(24)22(29)28-9-7-27(2)8-10-28/h3-6,11,13,17H,7-10,12,24H2,1-2H3,(H,25,26). The Kier molecular flexibility index (Phi) is 5.69. The average Bonchev–Trinajstić information content (AvgIpc) is 3.12. The van der Waals surface area contributed by atoms with Crippen molar-refractivity contribution in [2.75, 3.05) is 33.2 Å². The molecule has 0 spiro atoms. The van der Waals surface area contributed by atoms with Crippen LogP contribution >= 0.6 is 0 Å². The van der Waals surface area contributed by atoms with E-state index in [1.165, 1.54) is 6.07 Å². The summed E-state index contributed by atoms with van der Waals surface area (Å²) < 4.78 is 20.5. The highest BCUT2D eigenvalue weighted by molar-refractivity contribution is 5.86. The molecule has 3 heterocycles. The van der Waals surface area contributed by atoms with Gasteiger partial charge in [0.1, 0.15) is 11.4 Å². The Morgan fingerprint density at radius 2 is 2.03 bits per heavy atom. The number of rotatable bonds is 5. The van der Waals surface area contributed by atoms with E-state index >= 15 is 0 Å². The van der Waals surface area contributed by atoms with E-state index in [1.807, 2.05) is 20.2 Å². The van der Waals surface area contributed by atoms with Crippen LogP contribution in [0.3, 0.4) is 0 Å². The molecule has 1 atom stereocenters. The lowest BCUT2D eigenvalue weighted by molar-refractivity contribution is -0.134. The number of hydrogen-bond donors (Lipinski definition) is 2. The van der Waals surface area contributed by atoms with E-state index in [2.05, 4.69) is 14.9 Å². The van der Waals surface area contributed by atoms with Crippen molar-refractivity contribution in [3.8, 4) is 11.5 Å². The molecule has 1 fully saturated rings. The Balaban J connectivity index is 1.45. The number of fused-ring (bicyclic) bond motifs is 1. The topological polar surface area (TPSA) is 87.5 Å². The van der Waals surface area contributed by atoms with Gasteiger partial charge in [0.25, 0.3) is 0 Å². The number of carbonyl (C=O) groups excluding carboxylic acids is 1. The second-order valence-electron chi connectivity index (χ2n) is 7.81. The first-order valence-electron chi connectivity index (χ1n) is 10.0. The lowest BCUT2D eigenvalue weighted by Crippen LogP contribution is -2.52. The molecular weight excluding hydrogens is 385 g/mol. The van der Waals surface area contributed by atoms with E-state index < -0.39 is 11.9 Å². The highest BCUT2D eigenvalue weighted by Gasteiger charge is 2.24. The van der Waals surface area contributed by atoms with Gasteiger partial charge in [-0.05, 0) is 49.7 Å². The van der Waals surface area contributed by atoms with Gasteiger partial charge in [0, 0.05) is 38.6 Å². The number of carbonyl (C=O) groups is 1. The minimum atomic E-state index is -0.693. The van der Waals surface area contributed by atoms with Gasteiger partial charge in [0.05, 0.1) is 11.4 Å². The second-order valence-corrected chi connectivity index (χ2v) is 7.81. The van der Waals surface area contributed by atoms with E-state index in [9.17, 15) is 9.18 Å². The van der Waals surface area contributed by atoms with Gasteiger partial charge in [-0.2, -0.15) is 0 Å². The number of nitrogens with one attached hydrogen (secondary N) is 1. The van der Waals surface area contributed by atoms with Gasteiger partial charge in [0.15, 0.2) is 11.6 Å². The third kappa shape index (κ3) is 4.15. The molecule has 0 radical (unpaired) electrons. The lowest BCUT2D eigenvalue weighted by atomic mass is 10.0. The summed E-state index contributed by atoms with van der Waals surface area (Å²) in [5.41, 5.74) is 8.45. The fourth-order valence-corrected chi connectivity index (χ4v) is 3.74. The van der Waals surface area contributed by atoms with Crippen molar-refractivity contribution in [1.82, 2.24) is 19.8 Å². The molecule has 0 saturated carbocycles. The number of aromatic nitrogens is 2. The van der Waals surface area contributed by atoms with Crippen molar-refractivity contribution < 1.29 is 13.9 Å². The zero-order valence-corrected chi connectivity index (χ0v) is 17.2. The molecular formula is C22H26FN5O2. The molecule has 1 aliphatic rings. The number of aryl methyl sites for hydroxylation is 1. The number of ether oxygens (including phenoxy) is 1. The quantitative estimate of drug-likeness (QED) is 0.673. The van der Waals surface area contributed by atoms with Crippen LogP contribution in [0.5, 0.6) is 11.5 Å². The van der Waals surface area contributed by atoms with Crippen molar-refractivity contribution in [3.63, 3.8) is 0 Å². The molecule has 8 heteroatoms. The van der Waals surface area contributed by atoms with Gasteiger partial charge in [0.2, 0.25) is 5.91 Å². The first-order chi connectivity index (χ1) is 14.4. The molecule has 7 nitrogen and oxygen atoms in total. The molecule has 1 saturated heterocycles. The Morgan fingerprint density at radius 1 is 1.27 bits per heavy atom. The molecule has 30 heavy (non-hydrogen) atoms. The van der Waals surface area contributed by atoms with E-state index in [4.69, 9.17) is 10.5 Å². The van der Waals surface area contributed by atoms with Crippen LogP contribution in [0.4, 0.5) is 4.39 Å². The molecule has 1 unspecified atom stereocenters. The summed E-state index contributed by atoms with van der Waals surface area (Å²) in [6.07, 6.45) is 3.73. The van der Waals surface area contributed by atoms with Gasteiger partial charge in [-0.25, -0.2) is 9.37 Å². The highest BCUT2D eigenvalue weighted by Crippen LogP contribution is 2.32. The van der Waals surface area contributed by atoms with Gasteiger partial charge in [-0.3, -0.25) is 4.79 Å². The number of H-pyrrole nitrogens is 1.